The predicted molar refractivity (Wildman–Crippen MR) is 236 cm³/mol. The molecule has 5 atom stereocenters. The third kappa shape index (κ3) is 32.5. The van der Waals surface area contributed by atoms with E-state index in [0.29, 0.717) is 32.1 Å². The SMILES string of the molecule is CCCCC[C@H](O)/C=C/[C@H]1C(=O)C[C@H](O)[C@@H]1C/C=C\CCCC(=O)OC[C@H](COP(=O)(O)O)OC(=O)CCCCCCCCCCCCCCCCCCCCC(C)C. The maximum atomic E-state index is 12.5. The lowest BCUT2D eigenvalue weighted by Gasteiger charge is -2.18. The molecule has 1 rings (SSSR count). The number of carbonyl (C=O) groups excluding carboxylic acids is 3. The molecule has 1 aliphatic carbocycles. The Balaban J connectivity index is 2.19. The highest BCUT2D eigenvalue weighted by Gasteiger charge is 2.39. The Labute approximate surface area is 358 Å². The first-order chi connectivity index (χ1) is 28.3. The van der Waals surface area contributed by atoms with Crippen molar-refractivity contribution in [3.63, 3.8) is 0 Å². The molecule has 0 amide bonds. The van der Waals surface area contributed by atoms with Crippen LogP contribution in [0.2, 0.25) is 0 Å². The van der Waals surface area contributed by atoms with E-state index in [-0.39, 0.29) is 37.6 Å². The highest BCUT2D eigenvalue weighted by molar-refractivity contribution is 7.46. The summed E-state index contributed by atoms with van der Waals surface area (Å²) in [7, 11) is -4.82. The van der Waals surface area contributed by atoms with Gasteiger partial charge in [-0.3, -0.25) is 18.9 Å². The van der Waals surface area contributed by atoms with Gasteiger partial charge in [0.2, 0.25) is 0 Å². The van der Waals surface area contributed by atoms with E-state index in [1.807, 2.05) is 12.2 Å². The van der Waals surface area contributed by atoms with Gasteiger partial charge in [0.15, 0.2) is 6.10 Å². The summed E-state index contributed by atoms with van der Waals surface area (Å²) in [6.45, 7) is 5.73. The van der Waals surface area contributed by atoms with E-state index in [0.717, 1.165) is 44.4 Å². The van der Waals surface area contributed by atoms with E-state index in [9.17, 15) is 29.2 Å². The Hall–Kier alpha value is -1.88. The second-order valence-corrected chi connectivity index (χ2v) is 18.6. The minimum absolute atomic E-state index is 0.0309. The number of unbranched alkanes of at least 4 members (excludes halogenated alkanes) is 20. The van der Waals surface area contributed by atoms with Gasteiger partial charge in [0.1, 0.15) is 12.4 Å². The van der Waals surface area contributed by atoms with Crippen molar-refractivity contribution in [2.75, 3.05) is 13.2 Å². The number of Topliss-reactive ketones (excluding diaryl/α,β-unsaturated/α-hetero) is 1. The maximum Gasteiger partial charge on any atom is 0.469 e. The largest absolute Gasteiger partial charge is 0.469 e. The number of phosphoric ester groups is 1. The van der Waals surface area contributed by atoms with Gasteiger partial charge in [-0.1, -0.05) is 180 Å². The standard InChI is InChI=1S/C47H85O11P/c1-4-5-24-30-40(48)34-35-43-42(44(49)36-45(43)50)31-26-22-23-27-32-46(51)56-37-41(38-57-59(53,54)55)58-47(52)33-28-21-19-17-15-13-11-9-7-6-8-10-12-14-16-18-20-25-29-39(2)3/h22,26,34-35,39-44,48-49H,4-21,23-25,27-33,36-38H2,1-3H3,(H2,53,54,55)/b26-22-,35-34+/t40-,41+,42+,43+,44-/m0/s1. The summed E-state index contributed by atoms with van der Waals surface area (Å²) in [5, 5.41) is 20.7. The lowest BCUT2D eigenvalue weighted by atomic mass is 9.90. The van der Waals surface area contributed by atoms with Crippen molar-refractivity contribution < 1.29 is 52.9 Å². The average molecular weight is 857 g/mol. The molecule has 0 bridgehead atoms. The van der Waals surface area contributed by atoms with E-state index in [1.165, 1.54) is 96.3 Å². The number of ether oxygens (including phenoxy) is 2. The number of carbonyl (C=O) groups is 3. The summed E-state index contributed by atoms with van der Waals surface area (Å²) >= 11 is 0. The number of rotatable bonds is 39. The van der Waals surface area contributed by atoms with Gasteiger partial charge in [0.05, 0.1) is 18.8 Å². The molecule has 0 aromatic carbocycles. The van der Waals surface area contributed by atoms with E-state index in [1.54, 1.807) is 12.2 Å². The normalized spacial score (nSPS) is 18.4. The van der Waals surface area contributed by atoms with Crippen molar-refractivity contribution in [1.29, 1.82) is 0 Å². The highest BCUT2D eigenvalue weighted by atomic mass is 31.2. The highest BCUT2D eigenvalue weighted by Crippen LogP contribution is 2.36. The molecule has 0 spiro atoms. The lowest BCUT2D eigenvalue weighted by molar-refractivity contribution is -0.161. The van der Waals surface area contributed by atoms with Crippen molar-refractivity contribution in [3.05, 3.63) is 24.3 Å². The maximum absolute atomic E-state index is 12.5. The quantitative estimate of drug-likeness (QED) is 0.0200. The Morgan fingerprint density at radius 1 is 0.729 bits per heavy atom. The predicted octanol–water partition coefficient (Wildman–Crippen LogP) is 11.2. The Morgan fingerprint density at radius 3 is 1.80 bits per heavy atom. The van der Waals surface area contributed by atoms with Gasteiger partial charge >= 0.3 is 19.8 Å². The molecule has 0 aromatic heterocycles. The molecule has 12 heteroatoms. The lowest BCUT2D eigenvalue weighted by Crippen LogP contribution is -2.29. The number of hydrogen-bond donors (Lipinski definition) is 4. The van der Waals surface area contributed by atoms with Crippen LogP contribution in [0.3, 0.4) is 0 Å². The van der Waals surface area contributed by atoms with E-state index >= 15 is 0 Å². The van der Waals surface area contributed by atoms with Gasteiger partial charge in [-0.2, -0.15) is 0 Å². The van der Waals surface area contributed by atoms with Gasteiger partial charge in [-0.25, -0.2) is 4.57 Å². The molecule has 11 nitrogen and oxygen atoms in total. The van der Waals surface area contributed by atoms with Gasteiger partial charge < -0.3 is 29.5 Å². The molecule has 344 valence electrons. The third-order valence-electron chi connectivity index (χ3n) is 11.3. The molecule has 0 aliphatic heterocycles. The summed E-state index contributed by atoms with van der Waals surface area (Å²) in [4.78, 5) is 55.6. The number of aliphatic hydroxyl groups is 2. The molecule has 1 saturated carbocycles. The van der Waals surface area contributed by atoms with Crippen LogP contribution < -0.4 is 0 Å². The number of aliphatic hydroxyl groups excluding tert-OH is 2. The Kier molecular flexibility index (Phi) is 33.4. The van der Waals surface area contributed by atoms with Crippen LogP contribution in [0.5, 0.6) is 0 Å². The zero-order valence-electron chi connectivity index (χ0n) is 37.3. The minimum Gasteiger partial charge on any atom is -0.462 e. The first kappa shape index (κ1) is 55.1. The number of phosphoric acid groups is 1. The monoisotopic (exact) mass is 857 g/mol. The van der Waals surface area contributed by atoms with Crippen LogP contribution in [0.15, 0.2) is 24.3 Å². The van der Waals surface area contributed by atoms with Gasteiger partial charge in [0, 0.05) is 31.1 Å². The second kappa shape index (κ2) is 35.7. The van der Waals surface area contributed by atoms with E-state index in [4.69, 9.17) is 19.3 Å². The molecule has 1 aliphatic rings. The molecular weight excluding hydrogens is 771 g/mol. The zero-order valence-corrected chi connectivity index (χ0v) is 38.2. The van der Waals surface area contributed by atoms with Crippen LogP contribution in [-0.2, 0) is 32.9 Å². The third-order valence-corrected chi connectivity index (χ3v) is 11.8. The number of ketones is 1. The number of hydrogen-bond acceptors (Lipinski definition) is 9. The molecule has 0 unspecified atom stereocenters. The molecule has 0 aromatic rings. The molecule has 0 radical (unpaired) electrons. The summed E-state index contributed by atoms with van der Waals surface area (Å²) in [5.41, 5.74) is 0. The van der Waals surface area contributed by atoms with Crippen LogP contribution in [0.4, 0.5) is 0 Å². The molecule has 0 saturated heterocycles. The number of esters is 2. The van der Waals surface area contributed by atoms with Crippen LogP contribution in [0.1, 0.15) is 207 Å². The summed E-state index contributed by atoms with van der Waals surface area (Å²) < 4.78 is 26.4. The Morgan fingerprint density at radius 2 is 1.25 bits per heavy atom. The van der Waals surface area contributed by atoms with Crippen LogP contribution in [0, 0.1) is 17.8 Å². The van der Waals surface area contributed by atoms with Crippen molar-refractivity contribution in [1.82, 2.24) is 0 Å². The van der Waals surface area contributed by atoms with Crippen LogP contribution in [0.25, 0.3) is 0 Å². The van der Waals surface area contributed by atoms with Crippen LogP contribution in [-0.4, -0.2) is 69.2 Å². The molecule has 0 heterocycles. The zero-order chi connectivity index (χ0) is 43.6. The van der Waals surface area contributed by atoms with E-state index < -0.39 is 50.6 Å². The first-order valence-corrected chi connectivity index (χ1v) is 25.1. The molecule has 4 N–H and O–H groups in total. The fraction of sp³-hybridized carbons (Fsp3) is 0.851. The molecular formula is C47H85O11P. The minimum atomic E-state index is -4.82. The first-order valence-electron chi connectivity index (χ1n) is 23.6. The Bertz CT molecular complexity index is 1180. The van der Waals surface area contributed by atoms with Crippen LogP contribution >= 0.6 is 7.82 Å². The average Bonchev–Trinajstić information content (AvgIpc) is 3.45. The number of allylic oxidation sites excluding steroid dienone is 3. The summed E-state index contributed by atoms with van der Waals surface area (Å²) in [6.07, 6.45) is 34.1. The van der Waals surface area contributed by atoms with Gasteiger partial charge in [0.25, 0.3) is 0 Å². The molecule has 59 heavy (non-hydrogen) atoms. The van der Waals surface area contributed by atoms with Crippen molar-refractivity contribution in [3.8, 4) is 0 Å². The summed E-state index contributed by atoms with van der Waals surface area (Å²) in [5.74, 6) is -0.974. The molecule has 1 fully saturated rings. The van der Waals surface area contributed by atoms with Gasteiger partial charge in [-0.15, -0.1) is 0 Å². The smallest absolute Gasteiger partial charge is 0.462 e. The topological polar surface area (TPSA) is 177 Å². The fourth-order valence-electron chi connectivity index (χ4n) is 7.66. The summed E-state index contributed by atoms with van der Waals surface area (Å²) in [6, 6.07) is 0. The van der Waals surface area contributed by atoms with Crippen molar-refractivity contribution in [2.24, 2.45) is 17.8 Å². The van der Waals surface area contributed by atoms with E-state index in [2.05, 4.69) is 25.3 Å². The van der Waals surface area contributed by atoms with Crippen molar-refractivity contribution >= 4 is 25.5 Å². The van der Waals surface area contributed by atoms with Gasteiger partial charge in [-0.05, 0) is 38.0 Å². The fourth-order valence-corrected chi connectivity index (χ4v) is 8.02. The van der Waals surface area contributed by atoms with Crippen molar-refractivity contribution in [2.45, 2.75) is 225 Å². The second-order valence-electron chi connectivity index (χ2n) is 17.4.